The van der Waals surface area contributed by atoms with E-state index in [1.165, 1.54) is 193 Å². The van der Waals surface area contributed by atoms with Crippen LogP contribution in [0.25, 0.3) is 0 Å². The number of hydrogen-bond donors (Lipinski definition) is 2. The highest BCUT2D eigenvalue weighted by Crippen LogP contribution is 2.38. The summed E-state index contributed by atoms with van der Waals surface area (Å²) in [4.78, 5) is 25.4. The van der Waals surface area contributed by atoms with Crippen LogP contribution in [0.5, 0.6) is 0 Å². The standard InChI is InChI=1S/C49H101N2O6P/c1-6-8-10-12-14-16-18-20-22-23-24-25-26-27-28-29-31-33-35-37-39-41-43-49(53)50-47(46-57-58(54,55)56-45-44-51(3,4)5)48(52)42-40-38-36-34-32-30-21-19-17-15-13-11-9-7-2/h47-48,52H,6-46H2,1-5H3,(H-,50,53,54,55)/t47-,48+/m0/s1. The lowest BCUT2D eigenvalue weighted by atomic mass is 10.0. The van der Waals surface area contributed by atoms with E-state index in [9.17, 15) is 19.4 Å². The first kappa shape index (κ1) is 57.5. The molecule has 0 fully saturated rings. The van der Waals surface area contributed by atoms with Gasteiger partial charge in [0.2, 0.25) is 5.91 Å². The van der Waals surface area contributed by atoms with Crippen molar-refractivity contribution in [2.45, 2.75) is 270 Å². The van der Waals surface area contributed by atoms with Crippen molar-refractivity contribution < 1.29 is 32.9 Å². The van der Waals surface area contributed by atoms with Gasteiger partial charge in [-0.05, 0) is 12.8 Å². The average Bonchev–Trinajstić information content (AvgIpc) is 3.17. The number of aliphatic hydroxyl groups excluding tert-OH is 1. The van der Waals surface area contributed by atoms with Gasteiger partial charge in [0.1, 0.15) is 13.2 Å². The summed E-state index contributed by atoms with van der Waals surface area (Å²) in [5.74, 6) is -0.159. The highest BCUT2D eigenvalue weighted by molar-refractivity contribution is 7.45. The van der Waals surface area contributed by atoms with E-state index in [4.69, 9.17) is 9.05 Å². The fourth-order valence-electron chi connectivity index (χ4n) is 7.81. The lowest BCUT2D eigenvalue weighted by Gasteiger charge is -2.30. The van der Waals surface area contributed by atoms with Gasteiger partial charge in [-0.3, -0.25) is 9.36 Å². The van der Waals surface area contributed by atoms with Crippen molar-refractivity contribution >= 4 is 13.7 Å². The number of phosphoric ester groups is 1. The van der Waals surface area contributed by atoms with Gasteiger partial charge >= 0.3 is 0 Å². The normalized spacial score (nSPS) is 14.1. The van der Waals surface area contributed by atoms with Gasteiger partial charge in [0.15, 0.2) is 0 Å². The molecule has 0 saturated carbocycles. The number of phosphoric acid groups is 1. The third-order valence-corrected chi connectivity index (χ3v) is 12.8. The zero-order valence-electron chi connectivity index (χ0n) is 39.5. The molecule has 0 spiro atoms. The summed E-state index contributed by atoms with van der Waals surface area (Å²) in [6.45, 7) is 4.76. The van der Waals surface area contributed by atoms with Crippen LogP contribution in [-0.2, 0) is 18.4 Å². The molecule has 348 valence electrons. The zero-order valence-corrected chi connectivity index (χ0v) is 40.4. The van der Waals surface area contributed by atoms with Gasteiger partial charge in [-0.1, -0.05) is 239 Å². The molecule has 0 bridgehead atoms. The molecule has 0 aromatic carbocycles. The predicted molar refractivity (Wildman–Crippen MR) is 247 cm³/mol. The molecule has 0 saturated heterocycles. The molecule has 0 aliphatic carbocycles. The summed E-state index contributed by atoms with van der Waals surface area (Å²) < 4.78 is 23.3. The van der Waals surface area contributed by atoms with Crippen molar-refractivity contribution in [1.29, 1.82) is 0 Å². The van der Waals surface area contributed by atoms with Gasteiger partial charge in [0.25, 0.3) is 7.82 Å². The van der Waals surface area contributed by atoms with Crippen molar-refractivity contribution in [3.8, 4) is 0 Å². The maximum absolute atomic E-state index is 12.9. The summed E-state index contributed by atoms with van der Waals surface area (Å²) in [5, 5.41) is 14.0. The Labute approximate surface area is 361 Å². The van der Waals surface area contributed by atoms with E-state index in [0.717, 1.165) is 38.5 Å². The minimum Gasteiger partial charge on any atom is -0.756 e. The number of aliphatic hydroxyl groups is 1. The Kier molecular flexibility index (Phi) is 41.5. The summed E-state index contributed by atoms with van der Waals surface area (Å²) in [7, 11) is 1.32. The Balaban J connectivity index is 4.18. The van der Waals surface area contributed by atoms with Gasteiger partial charge in [-0.15, -0.1) is 0 Å². The van der Waals surface area contributed by atoms with Crippen LogP contribution in [0.2, 0.25) is 0 Å². The summed E-state index contributed by atoms with van der Waals surface area (Å²) in [6, 6.07) is -0.793. The maximum atomic E-state index is 12.9. The predicted octanol–water partition coefficient (Wildman–Crippen LogP) is 13.9. The van der Waals surface area contributed by atoms with Gasteiger partial charge in [0, 0.05) is 6.42 Å². The third-order valence-electron chi connectivity index (χ3n) is 11.8. The number of amides is 1. The van der Waals surface area contributed by atoms with Crippen LogP contribution in [0, 0.1) is 0 Å². The van der Waals surface area contributed by atoms with Crippen LogP contribution in [0.4, 0.5) is 0 Å². The second kappa shape index (κ2) is 41.8. The molecule has 2 N–H and O–H groups in total. The van der Waals surface area contributed by atoms with Gasteiger partial charge < -0.3 is 28.8 Å². The van der Waals surface area contributed by atoms with E-state index < -0.39 is 20.0 Å². The molecule has 9 heteroatoms. The smallest absolute Gasteiger partial charge is 0.268 e. The van der Waals surface area contributed by atoms with E-state index in [-0.39, 0.29) is 19.1 Å². The fourth-order valence-corrected chi connectivity index (χ4v) is 8.53. The van der Waals surface area contributed by atoms with Crippen molar-refractivity contribution in [2.24, 2.45) is 0 Å². The highest BCUT2D eigenvalue weighted by atomic mass is 31.2. The first-order valence-electron chi connectivity index (χ1n) is 25.4. The maximum Gasteiger partial charge on any atom is 0.268 e. The molecule has 3 atom stereocenters. The van der Waals surface area contributed by atoms with Crippen LogP contribution < -0.4 is 10.2 Å². The number of hydrogen-bond acceptors (Lipinski definition) is 6. The Hall–Kier alpha value is -0.500. The van der Waals surface area contributed by atoms with Gasteiger partial charge in [-0.2, -0.15) is 0 Å². The number of unbranched alkanes of at least 4 members (excludes halogenated alkanes) is 34. The molecule has 0 aliphatic heterocycles. The second-order valence-electron chi connectivity index (χ2n) is 18.9. The monoisotopic (exact) mass is 845 g/mol. The summed E-state index contributed by atoms with van der Waals surface area (Å²) >= 11 is 0. The molecule has 0 heterocycles. The van der Waals surface area contributed by atoms with E-state index in [1.807, 2.05) is 21.1 Å². The number of likely N-dealkylation sites (N-methyl/N-ethyl adjacent to an activating group) is 1. The molecule has 0 aliphatic rings. The van der Waals surface area contributed by atoms with Crippen molar-refractivity contribution in [3.63, 3.8) is 0 Å². The van der Waals surface area contributed by atoms with E-state index in [1.54, 1.807) is 0 Å². The Morgan fingerprint density at radius 3 is 1.17 bits per heavy atom. The number of nitrogens with one attached hydrogen (secondary N) is 1. The first-order valence-corrected chi connectivity index (χ1v) is 26.8. The summed E-state index contributed by atoms with van der Waals surface area (Å²) in [6.07, 6.45) is 46.8. The van der Waals surface area contributed by atoms with E-state index in [2.05, 4.69) is 19.2 Å². The minimum absolute atomic E-state index is 0.0163. The van der Waals surface area contributed by atoms with Crippen molar-refractivity contribution in [3.05, 3.63) is 0 Å². The number of rotatable bonds is 47. The Morgan fingerprint density at radius 1 is 0.534 bits per heavy atom. The van der Waals surface area contributed by atoms with Gasteiger partial charge in [-0.25, -0.2) is 0 Å². The molecule has 0 rings (SSSR count). The third kappa shape index (κ3) is 43.6. The highest BCUT2D eigenvalue weighted by Gasteiger charge is 2.24. The number of quaternary nitrogens is 1. The molecule has 58 heavy (non-hydrogen) atoms. The zero-order chi connectivity index (χ0) is 42.8. The van der Waals surface area contributed by atoms with Crippen LogP contribution in [-0.4, -0.2) is 68.5 Å². The topological polar surface area (TPSA) is 108 Å². The van der Waals surface area contributed by atoms with E-state index >= 15 is 0 Å². The lowest BCUT2D eigenvalue weighted by Crippen LogP contribution is -2.46. The fraction of sp³-hybridized carbons (Fsp3) is 0.980. The SMILES string of the molecule is CCCCCCCCCCCCCCCCCCCCCCCCC(=O)N[C@@H](COP(=O)([O-])OCC[N+](C)(C)C)[C@H](O)CCCCCCCCCCCCCCCC. The van der Waals surface area contributed by atoms with Gasteiger partial charge in [0.05, 0.1) is 39.9 Å². The molecule has 1 amide bonds. The summed E-state index contributed by atoms with van der Waals surface area (Å²) in [5.41, 5.74) is 0. The van der Waals surface area contributed by atoms with Crippen molar-refractivity contribution in [1.82, 2.24) is 5.32 Å². The molecule has 1 unspecified atom stereocenters. The van der Waals surface area contributed by atoms with Crippen molar-refractivity contribution in [2.75, 3.05) is 40.9 Å². The number of nitrogens with zero attached hydrogens (tertiary/aromatic N) is 1. The Morgan fingerprint density at radius 2 is 0.845 bits per heavy atom. The van der Waals surface area contributed by atoms with Crippen LogP contribution in [0.3, 0.4) is 0 Å². The largest absolute Gasteiger partial charge is 0.756 e. The molecule has 0 radical (unpaired) electrons. The first-order chi connectivity index (χ1) is 28.0. The average molecular weight is 845 g/mol. The molecular weight excluding hydrogens is 744 g/mol. The second-order valence-corrected chi connectivity index (χ2v) is 20.3. The lowest BCUT2D eigenvalue weighted by molar-refractivity contribution is -0.870. The van der Waals surface area contributed by atoms with Crippen LogP contribution >= 0.6 is 7.82 Å². The van der Waals surface area contributed by atoms with E-state index in [0.29, 0.717) is 23.9 Å². The molecule has 8 nitrogen and oxygen atoms in total. The van der Waals surface area contributed by atoms with Crippen LogP contribution in [0.1, 0.15) is 258 Å². The minimum atomic E-state index is -4.56. The molecular formula is C49H101N2O6P. The Bertz CT molecular complexity index is 916. The molecule has 0 aromatic heterocycles. The van der Waals surface area contributed by atoms with Crippen LogP contribution in [0.15, 0.2) is 0 Å². The molecule has 0 aromatic rings. The number of carbonyl (C=O) groups is 1. The quantitative estimate of drug-likeness (QED) is 0.0359. The number of carbonyl (C=O) groups excluding carboxylic acids is 1.